The number of rotatable bonds is 4. The van der Waals surface area contributed by atoms with Crippen LogP contribution in [0.4, 0.5) is 0 Å². The minimum absolute atomic E-state index is 0.0571. The molecule has 0 bridgehead atoms. The number of amidine groups is 2. The molecule has 9 rings (SSSR count). The van der Waals surface area contributed by atoms with Gasteiger partial charge in [-0.05, 0) is 57.1 Å². The predicted octanol–water partition coefficient (Wildman–Crippen LogP) is 10.1. The second-order valence-electron chi connectivity index (χ2n) is 12.6. The Morgan fingerprint density at radius 3 is 2.15 bits per heavy atom. The Kier molecular flexibility index (Phi) is 5.88. The van der Waals surface area contributed by atoms with Crippen molar-refractivity contribution < 1.29 is 4.42 Å². The Bertz CT molecular complexity index is 2360. The van der Waals surface area contributed by atoms with Gasteiger partial charge in [-0.2, -0.15) is 0 Å². The van der Waals surface area contributed by atoms with Crippen LogP contribution in [0, 0.1) is 0 Å². The Hall–Kier alpha value is -5.74. The third kappa shape index (κ3) is 4.07. The lowest BCUT2D eigenvalue weighted by molar-refractivity contribution is 0.660. The molecule has 220 valence electrons. The molecular formula is C42H31N3O. The molecule has 2 aliphatic rings. The van der Waals surface area contributed by atoms with E-state index in [2.05, 4.69) is 110 Å². The van der Waals surface area contributed by atoms with Gasteiger partial charge in [-0.3, -0.25) is 0 Å². The summed E-state index contributed by atoms with van der Waals surface area (Å²) < 4.78 is 6.46. The zero-order chi connectivity index (χ0) is 30.8. The molecule has 0 spiro atoms. The fourth-order valence-electron chi connectivity index (χ4n) is 7.29. The zero-order valence-electron chi connectivity index (χ0n) is 25.7. The molecule has 2 heterocycles. The normalized spacial score (nSPS) is 16.4. The maximum absolute atomic E-state index is 6.46. The second kappa shape index (κ2) is 10.1. The average molecular weight is 594 g/mol. The van der Waals surface area contributed by atoms with Gasteiger partial charge in [0.15, 0.2) is 5.84 Å². The lowest BCUT2D eigenvalue weighted by atomic mass is 9.82. The Balaban J connectivity index is 1.25. The quantitative estimate of drug-likeness (QED) is 0.221. The van der Waals surface area contributed by atoms with Crippen molar-refractivity contribution in [3.63, 3.8) is 0 Å². The lowest BCUT2D eigenvalue weighted by Gasteiger charge is -2.23. The third-order valence-corrected chi connectivity index (χ3v) is 9.56. The van der Waals surface area contributed by atoms with Crippen LogP contribution in [0.25, 0.3) is 44.2 Å². The number of hydrogen-bond donors (Lipinski definition) is 1. The van der Waals surface area contributed by atoms with Crippen molar-refractivity contribution in [2.75, 3.05) is 0 Å². The molecule has 1 unspecified atom stereocenters. The highest BCUT2D eigenvalue weighted by Gasteiger charge is 2.36. The topological polar surface area (TPSA) is 49.9 Å². The molecule has 0 saturated carbocycles. The van der Waals surface area contributed by atoms with Crippen molar-refractivity contribution in [1.82, 2.24) is 5.32 Å². The molecule has 0 amide bonds. The summed E-state index contributed by atoms with van der Waals surface area (Å²) in [5.41, 5.74) is 12.4. The first-order valence-electron chi connectivity index (χ1n) is 15.8. The first kappa shape index (κ1) is 26.6. The van der Waals surface area contributed by atoms with Crippen LogP contribution in [-0.4, -0.2) is 11.7 Å². The van der Waals surface area contributed by atoms with Crippen LogP contribution in [-0.2, 0) is 5.41 Å². The molecule has 4 nitrogen and oxygen atoms in total. The van der Waals surface area contributed by atoms with Gasteiger partial charge in [0.05, 0.1) is 0 Å². The molecule has 1 atom stereocenters. The number of fused-ring (bicyclic) bond motifs is 6. The molecule has 7 aromatic rings. The molecule has 4 heteroatoms. The van der Waals surface area contributed by atoms with E-state index in [1.54, 1.807) is 0 Å². The summed E-state index contributed by atoms with van der Waals surface area (Å²) >= 11 is 0. The molecule has 0 saturated heterocycles. The minimum Gasteiger partial charge on any atom is -0.456 e. The van der Waals surface area contributed by atoms with E-state index in [0.717, 1.165) is 50.0 Å². The molecule has 0 radical (unpaired) electrons. The Labute approximate surface area is 267 Å². The van der Waals surface area contributed by atoms with Crippen LogP contribution >= 0.6 is 0 Å². The Morgan fingerprint density at radius 2 is 1.30 bits per heavy atom. The number of benzene rings is 6. The SMILES string of the molecule is CC1(C)c2ccccc2-c2c(-c3ccc4oc5cccc(C6=NC(c7ccccc7)NC(c7ccccc7)=N6)c5c4c3)cccc21. The van der Waals surface area contributed by atoms with E-state index in [1.807, 2.05) is 48.5 Å². The smallest absolute Gasteiger partial charge is 0.160 e. The standard InChI is InChI=1S/C42H31N3O/c1-42(2)33-20-10-9-17-30(33)37-29(18-11-21-34(37)42)28-23-24-35-32(25-28)38-31(19-12-22-36(38)46-35)41-44-39(26-13-5-3-6-14-26)43-40(45-41)27-15-7-4-8-16-27/h3-25,39H,1-2H3,(H,43,44,45). The maximum atomic E-state index is 6.46. The van der Waals surface area contributed by atoms with Gasteiger partial charge in [-0.1, -0.05) is 135 Å². The Morgan fingerprint density at radius 1 is 0.609 bits per heavy atom. The van der Waals surface area contributed by atoms with Crippen molar-refractivity contribution in [2.24, 2.45) is 9.98 Å². The third-order valence-electron chi connectivity index (χ3n) is 9.56. The van der Waals surface area contributed by atoms with E-state index in [-0.39, 0.29) is 11.6 Å². The van der Waals surface area contributed by atoms with E-state index < -0.39 is 0 Å². The molecule has 1 aliphatic carbocycles. The van der Waals surface area contributed by atoms with Crippen LogP contribution in [0.15, 0.2) is 154 Å². The van der Waals surface area contributed by atoms with Crippen molar-refractivity contribution in [2.45, 2.75) is 25.4 Å². The van der Waals surface area contributed by atoms with Crippen LogP contribution in [0.3, 0.4) is 0 Å². The van der Waals surface area contributed by atoms with Gasteiger partial charge in [0, 0.05) is 27.3 Å². The van der Waals surface area contributed by atoms with Gasteiger partial charge in [0.2, 0.25) is 0 Å². The summed E-state index contributed by atoms with van der Waals surface area (Å²) in [5, 5.41) is 5.65. The van der Waals surface area contributed by atoms with Gasteiger partial charge >= 0.3 is 0 Å². The molecular weight excluding hydrogens is 562 g/mol. The fourth-order valence-corrected chi connectivity index (χ4v) is 7.29. The highest BCUT2D eigenvalue weighted by atomic mass is 16.3. The monoisotopic (exact) mass is 593 g/mol. The summed E-state index contributed by atoms with van der Waals surface area (Å²) in [6.07, 6.45) is -0.275. The molecule has 46 heavy (non-hydrogen) atoms. The number of nitrogens with one attached hydrogen (secondary N) is 1. The summed E-state index contributed by atoms with van der Waals surface area (Å²) in [4.78, 5) is 10.3. The highest BCUT2D eigenvalue weighted by Crippen LogP contribution is 2.52. The summed E-state index contributed by atoms with van der Waals surface area (Å²) in [5.74, 6) is 1.48. The zero-order valence-corrected chi connectivity index (χ0v) is 25.7. The van der Waals surface area contributed by atoms with Crippen molar-refractivity contribution in [3.8, 4) is 22.3 Å². The van der Waals surface area contributed by atoms with Gasteiger partial charge in [0.1, 0.15) is 23.2 Å². The summed E-state index contributed by atoms with van der Waals surface area (Å²) in [7, 11) is 0. The molecule has 6 aromatic carbocycles. The lowest BCUT2D eigenvalue weighted by Crippen LogP contribution is -2.33. The predicted molar refractivity (Wildman–Crippen MR) is 189 cm³/mol. The van der Waals surface area contributed by atoms with E-state index in [0.29, 0.717) is 5.84 Å². The number of nitrogens with zero attached hydrogens (tertiary/aromatic N) is 2. The molecule has 0 fully saturated rings. The first-order valence-corrected chi connectivity index (χ1v) is 15.8. The van der Waals surface area contributed by atoms with Gasteiger partial charge in [-0.15, -0.1) is 0 Å². The first-order chi connectivity index (χ1) is 22.6. The van der Waals surface area contributed by atoms with Crippen molar-refractivity contribution in [1.29, 1.82) is 0 Å². The van der Waals surface area contributed by atoms with Gasteiger partial charge in [-0.25, -0.2) is 9.98 Å². The number of aliphatic imine (C=N–C) groups is 2. The largest absolute Gasteiger partial charge is 0.456 e. The van der Waals surface area contributed by atoms with E-state index >= 15 is 0 Å². The van der Waals surface area contributed by atoms with Crippen LogP contribution in [0.1, 0.15) is 47.8 Å². The fraction of sp³-hybridized carbons (Fsp3) is 0.0952. The van der Waals surface area contributed by atoms with Crippen LogP contribution in [0.5, 0.6) is 0 Å². The minimum atomic E-state index is -0.275. The van der Waals surface area contributed by atoms with Crippen LogP contribution in [0.2, 0.25) is 0 Å². The molecule has 1 N–H and O–H groups in total. The molecule has 1 aromatic heterocycles. The number of furan rings is 1. The van der Waals surface area contributed by atoms with Crippen molar-refractivity contribution in [3.05, 3.63) is 167 Å². The summed E-state index contributed by atoms with van der Waals surface area (Å²) in [6, 6.07) is 48.9. The molecule has 1 aliphatic heterocycles. The highest BCUT2D eigenvalue weighted by molar-refractivity contribution is 6.22. The van der Waals surface area contributed by atoms with E-state index in [1.165, 1.54) is 27.8 Å². The van der Waals surface area contributed by atoms with Crippen LogP contribution < -0.4 is 5.32 Å². The average Bonchev–Trinajstić information content (AvgIpc) is 3.61. The van der Waals surface area contributed by atoms with Crippen molar-refractivity contribution >= 4 is 33.6 Å². The second-order valence-corrected chi connectivity index (χ2v) is 12.6. The maximum Gasteiger partial charge on any atom is 0.160 e. The van der Waals surface area contributed by atoms with E-state index in [4.69, 9.17) is 14.4 Å². The van der Waals surface area contributed by atoms with E-state index in [9.17, 15) is 0 Å². The summed E-state index contributed by atoms with van der Waals surface area (Å²) in [6.45, 7) is 4.65. The van der Waals surface area contributed by atoms with Gasteiger partial charge in [0.25, 0.3) is 0 Å². The van der Waals surface area contributed by atoms with Gasteiger partial charge < -0.3 is 9.73 Å². The number of hydrogen-bond acceptors (Lipinski definition) is 4.